The predicted octanol–water partition coefficient (Wildman–Crippen LogP) is 2.69. The first-order chi connectivity index (χ1) is 9.68. The summed E-state index contributed by atoms with van der Waals surface area (Å²) < 4.78 is 11.6. The fourth-order valence-electron chi connectivity index (χ4n) is 3.65. The molecule has 0 amide bonds. The monoisotopic (exact) mass is 275 g/mol. The zero-order chi connectivity index (χ0) is 14.2. The van der Waals surface area contributed by atoms with E-state index >= 15 is 0 Å². The van der Waals surface area contributed by atoms with Gasteiger partial charge >= 0.3 is 0 Å². The predicted molar refractivity (Wildman–Crippen MR) is 80.0 cm³/mol. The Morgan fingerprint density at radius 2 is 2.20 bits per heavy atom. The van der Waals surface area contributed by atoms with Crippen molar-refractivity contribution in [3.8, 4) is 5.75 Å². The first-order valence-electron chi connectivity index (χ1n) is 7.64. The Balaban J connectivity index is 1.89. The van der Waals surface area contributed by atoms with E-state index in [1.165, 1.54) is 24.0 Å². The van der Waals surface area contributed by atoms with Crippen LogP contribution in [0.5, 0.6) is 5.75 Å². The third-order valence-corrected chi connectivity index (χ3v) is 4.94. The summed E-state index contributed by atoms with van der Waals surface area (Å²) in [5, 5.41) is 0. The van der Waals surface area contributed by atoms with Crippen LogP contribution in [0.25, 0.3) is 0 Å². The van der Waals surface area contributed by atoms with Crippen molar-refractivity contribution in [2.75, 3.05) is 20.3 Å². The van der Waals surface area contributed by atoms with Crippen molar-refractivity contribution in [3.63, 3.8) is 0 Å². The standard InChI is InChI=1S/C17H25NO2/c1-12-3-6-15(19-2)14(9-12)10-17(11-18)7-8-20-16(17)13-4-5-13/h3,6,9,13,16H,4-5,7-8,10-11,18H2,1-2H3. The average molecular weight is 275 g/mol. The van der Waals surface area contributed by atoms with Gasteiger partial charge in [0.15, 0.2) is 0 Å². The van der Waals surface area contributed by atoms with Crippen LogP contribution in [-0.2, 0) is 11.2 Å². The fourth-order valence-corrected chi connectivity index (χ4v) is 3.65. The smallest absolute Gasteiger partial charge is 0.122 e. The molecule has 0 spiro atoms. The average Bonchev–Trinajstić information content (AvgIpc) is 3.21. The Morgan fingerprint density at radius 1 is 1.40 bits per heavy atom. The minimum atomic E-state index is 0.0994. The van der Waals surface area contributed by atoms with Crippen LogP contribution in [0.4, 0.5) is 0 Å². The Bertz CT molecular complexity index is 484. The van der Waals surface area contributed by atoms with Gasteiger partial charge in [-0.3, -0.25) is 0 Å². The van der Waals surface area contributed by atoms with Crippen LogP contribution in [0.2, 0.25) is 0 Å². The largest absolute Gasteiger partial charge is 0.496 e. The second-order valence-electron chi connectivity index (χ2n) is 6.44. The maximum absolute atomic E-state index is 6.18. The Morgan fingerprint density at radius 3 is 2.85 bits per heavy atom. The number of nitrogens with two attached hydrogens (primary N) is 1. The molecule has 0 radical (unpaired) electrons. The summed E-state index contributed by atoms with van der Waals surface area (Å²) in [6.07, 6.45) is 4.99. The molecule has 1 saturated carbocycles. The van der Waals surface area contributed by atoms with E-state index in [2.05, 4.69) is 25.1 Å². The van der Waals surface area contributed by atoms with Crippen LogP contribution >= 0.6 is 0 Å². The highest BCUT2D eigenvalue weighted by atomic mass is 16.5. The van der Waals surface area contributed by atoms with Gasteiger partial charge in [-0.05, 0) is 50.2 Å². The van der Waals surface area contributed by atoms with Crippen molar-refractivity contribution in [1.29, 1.82) is 0 Å². The van der Waals surface area contributed by atoms with E-state index in [9.17, 15) is 0 Å². The number of hydrogen-bond acceptors (Lipinski definition) is 3. The highest BCUT2D eigenvalue weighted by Crippen LogP contribution is 2.49. The van der Waals surface area contributed by atoms with Crippen LogP contribution in [0, 0.1) is 18.3 Å². The van der Waals surface area contributed by atoms with Crippen molar-refractivity contribution < 1.29 is 9.47 Å². The molecule has 1 heterocycles. The summed E-state index contributed by atoms with van der Waals surface area (Å²) in [5.41, 5.74) is 8.83. The highest BCUT2D eigenvalue weighted by Gasteiger charge is 2.50. The van der Waals surface area contributed by atoms with Crippen LogP contribution in [0.3, 0.4) is 0 Å². The molecule has 3 rings (SSSR count). The molecule has 0 bridgehead atoms. The van der Waals surface area contributed by atoms with Crippen molar-refractivity contribution >= 4 is 0 Å². The number of methoxy groups -OCH3 is 1. The molecule has 1 aromatic rings. The molecule has 2 unspecified atom stereocenters. The summed E-state index contributed by atoms with van der Waals surface area (Å²) in [7, 11) is 1.74. The number of hydrogen-bond donors (Lipinski definition) is 1. The molecule has 110 valence electrons. The molecule has 3 heteroatoms. The van der Waals surface area contributed by atoms with Gasteiger partial charge in [-0.1, -0.05) is 17.7 Å². The summed E-state index contributed by atoms with van der Waals surface area (Å²) >= 11 is 0. The van der Waals surface area contributed by atoms with Gasteiger partial charge in [0.1, 0.15) is 5.75 Å². The van der Waals surface area contributed by atoms with E-state index < -0.39 is 0 Å². The van der Waals surface area contributed by atoms with Crippen molar-refractivity contribution in [3.05, 3.63) is 29.3 Å². The molecule has 1 aliphatic carbocycles. The maximum Gasteiger partial charge on any atom is 0.122 e. The minimum absolute atomic E-state index is 0.0994. The van der Waals surface area contributed by atoms with Crippen molar-refractivity contribution in [2.24, 2.45) is 17.1 Å². The number of benzene rings is 1. The Kier molecular flexibility index (Phi) is 3.74. The molecule has 3 nitrogen and oxygen atoms in total. The van der Waals surface area contributed by atoms with E-state index in [1.807, 2.05) is 0 Å². The molecule has 0 aromatic heterocycles. The second-order valence-corrected chi connectivity index (χ2v) is 6.44. The van der Waals surface area contributed by atoms with Gasteiger partial charge in [0.2, 0.25) is 0 Å². The normalized spacial score (nSPS) is 29.6. The molecule has 1 aromatic carbocycles. The molecule has 1 aliphatic heterocycles. The first-order valence-corrected chi connectivity index (χ1v) is 7.64. The molecule has 1 saturated heterocycles. The zero-order valence-electron chi connectivity index (χ0n) is 12.5. The van der Waals surface area contributed by atoms with E-state index in [0.717, 1.165) is 31.1 Å². The second kappa shape index (κ2) is 5.38. The lowest BCUT2D eigenvalue weighted by atomic mass is 9.74. The molecule has 20 heavy (non-hydrogen) atoms. The van der Waals surface area contributed by atoms with Crippen LogP contribution in [0.1, 0.15) is 30.4 Å². The first kappa shape index (κ1) is 13.9. The minimum Gasteiger partial charge on any atom is -0.496 e. The van der Waals surface area contributed by atoms with Crippen molar-refractivity contribution in [2.45, 2.75) is 38.7 Å². The summed E-state index contributed by atoms with van der Waals surface area (Å²) in [6.45, 7) is 3.68. The van der Waals surface area contributed by atoms with E-state index in [0.29, 0.717) is 12.6 Å². The van der Waals surface area contributed by atoms with E-state index in [1.54, 1.807) is 7.11 Å². The van der Waals surface area contributed by atoms with E-state index in [4.69, 9.17) is 15.2 Å². The SMILES string of the molecule is COc1ccc(C)cc1CC1(CN)CCOC1C1CC1. The lowest BCUT2D eigenvalue weighted by Gasteiger charge is -2.33. The molecule has 2 atom stereocenters. The maximum atomic E-state index is 6.18. The number of aryl methyl sites for hydroxylation is 1. The molecule has 2 N–H and O–H groups in total. The van der Waals surface area contributed by atoms with Gasteiger partial charge in [0.25, 0.3) is 0 Å². The molecule has 2 fully saturated rings. The molecular formula is C17H25NO2. The fraction of sp³-hybridized carbons (Fsp3) is 0.647. The molecular weight excluding hydrogens is 250 g/mol. The van der Waals surface area contributed by atoms with E-state index in [-0.39, 0.29) is 5.41 Å². The summed E-state index contributed by atoms with van der Waals surface area (Å²) in [6, 6.07) is 6.40. The lowest BCUT2D eigenvalue weighted by molar-refractivity contribution is 0.0342. The van der Waals surface area contributed by atoms with Gasteiger partial charge in [-0.2, -0.15) is 0 Å². The summed E-state index contributed by atoms with van der Waals surface area (Å²) in [4.78, 5) is 0. The lowest BCUT2D eigenvalue weighted by Crippen LogP contribution is -2.41. The summed E-state index contributed by atoms with van der Waals surface area (Å²) in [5.74, 6) is 1.71. The van der Waals surface area contributed by atoms with Gasteiger partial charge in [-0.15, -0.1) is 0 Å². The third-order valence-electron chi connectivity index (χ3n) is 4.94. The highest BCUT2D eigenvalue weighted by molar-refractivity contribution is 5.38. The Hall–Kier alpha value is -1.06. The quantitative estimate of drug-likeness (QED) is 0.898. The van der Waals surface area contributed by atoms with Crippen LogP contribution in [0.15, 0.2) is 18.2 Å². The van der Waals surface area contributed by atoms with Crippen molar-refractivity contribution in [1.82, 2.24) is 0 Å². The van der Waals surface area contributed by atoms with Crippen LogP contribution < -0.4 is 10.5 Å². The third kappa shape index (κ3) is 2.45. The molecule has 2 aliphatic rings. The topological polar surface area (TPSA) is 44.5 Å². The number of ether oxygens (including phenoxy) is 2. The van der Waals surface area contributed by atoms with Gasteiger partial charge in [0, 0.05) is 18.6 Å². The zero-order valence-corrected chi connectivity index (χ0v) is 12.5. The van der Waals surface area contributed by atoms with Crippen LogP contribution in [-0.4, -0.2) is 26.4 Å². The van der Waals surface area contributed by atoms with Gasteiger partial charge in [0.05, 0.1) is 13.2 Å². The van der Waals surface area contributed by atoms with Gasteiger partial charge < -0.3 is 15.2 Å². The Labute approximate surface area is 121 Å². The van der Waals surface area contributed by atoms with Gasteiger partial charge in [-0.25, -0.2) is 0 Å². The number of rotatable bonds is 5.